The third-order valence-electron chi connectivity index (χ3n) is 2.89. The minimum Gasteiger partial charge on any atom is -0.370 e. The van der Waals surface area contributed by atoms with Gasteiger partial charge in [0.15, 0.2) is 0 Å². The van der Waals surface area contributed by atoms with Crippen molar-refractivity contribution < 1.29 is 8.78 Å². The highest BCUT2D eigenvalue weighted by Crippen LogP contribution is 2.33. The van der Waals surface area contributed by atoms with Gasteiger partial charge in [0.1, 0.15) is 11.6 Å². The zero-order chi connectivity index (χ0) is 13.9. The summed E-state index contributed by atoms with van der Waals surface area (Å²) in [4.78, 5) is 2.19. The highest BCUT2D eigenvalue weighted by atomic mass is 32.1. The lowest BCUT2D eigenvalue weighted by Gasteiger charge is -2.18. The minimum absolute atomic E-state index is 0.116. The van der Waals surface area contributed by atoms with Gasteiger partial charge in [-0.25, -0.2) is 8.78 Å². The van der Waals surface area contributed by atoms with Crippen LogP contribution in [0, 0.1) is 11.6 Å². The summed E-state index contributed by atoms with van der Waals surface area (Å²) in [6.07, 6.45) is 0. The average Bonchev–Trinajstić information content (AvgIpc) is 3.11. The highest BCUT2D eigenvalue weighted by Gasteiger charge is 2.17. The van der Waals surface area contributed by atoms with Crippen molar-refractivity contribution in [3.63, 3.8) is 0 Å². The topological polar surface area (TPSA) is 12.0 Å². The molecule has 2 heterocycles. The zero-order valence-electron chi connectivity index (χ0n) is 10.3. The molecule has 0 saturated heterocycles. The number of halogens is 2. The molecule has 0 amide bonds. The van der Waals surface area contributed by atoms with Crippen molar-refractivity contribution in [2.24, 2.45) is 0 Å². The van der Waals surface area contributed by atoms with Crippen LogP contribution in [0.2, 0.25) is 0 Å². The molecule has 0 radical (unpaired) electrons. The first-order valence-corrected chi connectivity index (χ1v) is 7.78. The summed E-state index contributed by atoms with van der Waals surface area (Å²) < 4.78 is 26.8. The van der Waals surface area contributed by atoms with Crippen LogP contribution in [0.15, 0.2) is 53.2 Å². The minimum atomic E-state index is -0.580. The first-order chi connectivity index (χ1) is 9.74. The van der Waals surface area contributed by atoms with Crippen molar-refractivity contribution in [3.8, 4) is 0 Å². The normalized spacial score (nSPS) is 10.9. The molecule has 3 rings (SSSR count). The Morgan fingerprint density at radius 3 is 2.05 bits per heavy atom. The van der Waals surface area contributed by atoms with E-state index in [2.05, 4.69) is 5.32 Å². The second kappa shape index (κ2) is 5.73. The lowest BCUT2D eigenvalue weighted by atomic mass is 10.2. The van der Waals surface area contributed by atoms with Gasteiger partial charge in [-0.15, -0.1) is 22.7 Å². The van der Waals surface area contributed by atoms with Gasteiger partial charge in [-0.3, -0.25) is 0 Å². The smallest absolute Gasteiger partial charge is 0.149 e. The van der Waals surface area contributed by atoms with Crippen molar-refractivity contribution in [1.82, 2.24) is 0 Å². The van der Waals surface area contributed by atoms with E-state index in [1.807, 2.05) is 35.0 Å². The van der Waals surface area contributed by atoms with Gasteiger partial charge in [-0.2, -0.15) is 0 Å². The van der Waals surface area contributed by atoms with Gasteiger partial charge in [0.2, 0.25) is 0 Å². The van der Waals surface area contributed by atoms with Crippen molar-refractivity contribution in [2.75, 3.05) is 5.32 Å². The molecule has 5 heteroatoms. The number of benzene rings is 1. The maximum absolute atomic E-state index is 13.8. The van der Waals surface area contributed by atoms with E-state index in [4.69, 9.17) is 0 Å². The summed E-state index contributed by atoms with van der Waals surface area (Å²) in [5.74, 6) is -1.15. The quantitative estimate of drug-likeness (QED) is 0.690. The first-order valence-electron chi connectivity index (χ1n) is 6.02. The second-order valence-electron chi connectivity index (χ2n) is 4.23. The van der Waals surface area contributed by atoms with Crippen molar-refractivity contribution >= 4 is 28.4 Å². The van der Waals surface area contributed by atoms with Crippen LogP contribution in [0.3, 0.4) is 0 Å². The molecular formula is C15H11F2NS2. The van der Waals surface area contributed by atoms with E-state index in [1.54, 1.807) is 22.7 Å². The molecule has 0 aliphatic carbocycles. The lowest BCUT2D eigenvalue weighted by Crippen LogP contribution is -2.10. The molecule has 0 bridgehead atoms. The Kier molecular flexibility index (Phi) is 3.80. The van der Waals surface area contributed by atoms with Gasteiger partial charge in [0, 0.05) is 15.8 Å². The Labute approximate surface area is 123 Å². The molecule has 102 valence electrons. The van der Waals surface area contributed by atoms with Crippen LogP contribution in [-0.2, 0) is 0 Å². The van der Waals surface area contributed by atoms with Gasteiger partial charge >= 0.3 is 0 Å². The summed E-state index contributed by atoms with van der Waals surface area (Å²) in [6.45, 7) is 0. The maximum Gasteiger partial charge on any atom is 0.149 e. The summed E-state index contributed by atoms with van der Waals surface area (Å²) in [7, 11) is 0. The third-order valence-corrected chi connectivity index (χ3v) is 4.76. The van der Waals surface area contributed by atoms with Crippen LogP contribution in [0.5, 0.6) is 0 Å². The van der Waals surface area contributed by atoms with E-state index < -0.39 is 11.6 Å². The highest BCUT2D eigenvalue weighted by molar-refractivity contribution is 7.11. The number of rotatable bonds is 4. The average molecular weight is 307 g/mol. The molecule has 0 fully saturated rings. The van der Waals surface area contributed by atoms with Crippen LogP contribution < -0.4 is 5.32 Å². The number of thiophene rings is 2. The molecule has 3 aromatic rings. The van der Waals surface area contributed by atoms with E-state index in [-0.39, 0.29) is 6.04 Å². The van der Waals surface area contributed by atoms with Crippen LogP contribution in [-0.4, -0.2) is 0 Å². The standard InChI is InChI=1S/C15H11F2NS2/c16-10-5-6-12(11(17)9-10)18-15(13-3-1-7-19-13)14-4-2-8-20-14/h1-9,15,18H. The largest absolute Gasteiger partial charge is 0.370 e. The molecule has 0 atom stereocenters. The Morgan fingerprint density at radius 2 is 1.55 bits per heavy atom. The molecule has 0 spiro atoms. The molecule has 2 aromatic heterocycles. The van der Waals surface area contributed by atoms with Gasteiger partial charge in [-0.05, 0) is 35.0 Å². The fraction of sp³-hybridized carbons (Fsp3) is 0.0667. The predicted molar refractivity (Wildman–Crippen MR) is 80.5 cm³/mol. The van der Waals surface area contributed by atoms with E-state index >= 15 is 0 Å². The van der Waals surface area contributed by atoms with E-state index in [1.165, 1.54) is 12.1 Å². The molecule has 0 aliphatic heterocycles. The summed E-state index contributed by atoms with van der Waals surface area (Å²) in [5.41, 5.74) is 0.304. The Bertz CT molecular complexity index is 644. The van der Waals surface area contributed by atoms with Gasteiger partial charge in [-0.1, -0.05) is 12.1 Å². The first kappa shape index (κ1) is 13.3. The number of hydrogen-bond acceptors (Lipinski definition) is 3. The molecule has 0 unspecified atom stereocenters. The Morgan fingerprint density at radius 1 is 0.900 bits per heavy atom. The van der Waals surface area contributed by atoms with Crippen molar-refractivity contribution in [3.05, 3.63) is 74.6 Å². The zero-order valence-corrected chi connectivity index (χ0v) is 12.0. The Balaban J connectivity index is 1.95. The van der Waals surface area contributed by atoms with Crippen LogP contribution in [0.25, 0.3) is 0 Å². The molecule has 0 saturated carbocycles. The fourth-order valence-corrected chi connectivity index (χ4v) is 3.62. The Hall–Kier alpha value is -1.72. The maximum atomic E-state index is 13.8. The molecule has 1 N–H and O–H groups in total. The molecule has 0 aliphatic rings. The molecule has 20 heavy (non-hydrogen) atoms. The number of nitrogens with one attached hydrogen (secondary N) is 1. The van der Waals surface area contributed by atoms with Crippen LogP contribution in [0.4, 0.5) is 14.5 Å². The van der Waals surface area contributed by atoms with E-state index in [9.17, 15) is 8.78 Å². The number of anilines is 1. The predicted octanol–water partition coefficient (Wildman–Crippen LogP) is 5.29. The lowest BCUT2D eigenvalue weighted by molar-refractivity contribution is 0.584. The summed E-state index contributed by atoms with van der Waals surface area (Å²) in [5, 5.41) is 7.13. The van der Waals surface area contributed by atoms with Crippen LogP contribution in [0.1, 0.15) is 15.8 Å². The summed E-state index contributed by atoms with van der Waals surface area (Å²) >= 11 is 3.21. The second-order valence-corrected chi connectivity index (χ2v) is 6.19. The van der Waals surface area contributed by atoms with Crippen LogP contribution >= 0.6 is 22.7 Å². The molecule has 1 nitrogen and oxygen atoms in total. The monoisotopic (exact) mass is 307 g/mol. The van der Waals surface area contributed by atoms with E-state index in [0.29, 0.717) is 5.69 Å². The van der Waals surface area contributed by atoms with E-state index in [0.717, 1.165) is 15.8 Å². The number of hydrogen-bond donors (Lipinski definition) is 1. The van der Waals surface area contributed by atoms with Crippen molar-refractivity contribution in [1.29, 1.82) is 0 Å². The fourth-order valence-electron chi connectivity index (χ4n) is 1.96. The van der Waals surface area contributed by atoms with Gasteiger partial charge in [0.25, 0.3) is 0 Å². The third kappa shape index (κ3) is 2.73. The molecular weight excluding hydrogens is 296 g/mol. The summed E-state index contributed by atoms with van der Waals surface area (Å²) in [6, 6.07) is 11.4. The van der Waals surface area contributed by atoms with Gasteiger partial charge in [0.05, 0.1) is 11.7 Å². The van der Waals surface area contributed by atoms with Crippen molar-refractivity contribution in [2.45, 2.75) is 6.04 Å². The van der Waals surface area contributed by atoms with Gasteiger partial charge < -0.3 is 5.32 Å². The molecule has 1 aromatic carbocycles. The SMILES string of the molecule is Fc1ccc(NC(c2cccs2)c2cccs2)c(F)c1.